The zero-order valence-electron chi connectivity index (χ0n) is 6.89. The van der Waals surface area contributed by atoms with Gasteiger partial charge in [-0.3, -0.25) is 0 Å². The molecule has 0 spiro atoms. The van der Waals surface area contributed by atoms with E-state index in [1.165, 1.54) is 0 Å². The Morgan fingerprint density at radius 2 is 0.111 bits per heavy atom. The van der Waals surface area contributed by atoms with Gasteiger partial charge in [-0.15, -0.1) is 0 Å². The molecular formula is Cl15Mo3-15. The van der Waals surface area contributed by atoms with Crippen LogP contribution in [0.5, 0.6) is 0 Å². The summed E-state index contributed by atoms with van der Waals surface area (Å²) >= 11 is 0. The molecule has 0 nitrogen and oxygen atoms in total. The normalized spacial score (nSPS) is 0. The Bertz CT molecular complexity index is 11.7. The van der Waals surface area contributed by atoms with Crippen molar-refractivity contribution < 1.29 is 249 Å². The molecule has 0 aliphatic heterocycles. The molecule has 0 aromatic rings. The second kappa shape index (κ2) is 286. The van der Waals surface area contributed by atoms with Crippen LogP contribution >= 0.6 is 0 Å². The van der Waals surface area contributed by atoms with E-state index in [4.69, 9.17) is 0 Å². The zero-order valence-corrected chi connectivity index (χ0v) is 24.3. The fourth-order valence-electron chi connectivity index (χ4n) is 0. The Balaban J connectivity index is 0. The van der Waals surface area contributed by atoms with Gasteiger partial charge < -0.3 is 186 Å². The molecule has 0 fully saturated rings. The minimum absolute atomic E-state index is 0. The average molecular weight is 820 g/mol. The molecule has 0 unspecified atom stereocenters. The summed E-state index contributed by atoms with van der Waals surface area (Å²) in [4.78, 5) is 0. The van der Waals surface area contributed by atoms with E-state index in [-0.39, 0.29) is 249 Å². The van der Waals surface area contributed by atoms with Crippen molar-refractivity contribution in [3.63, 3.8) is 0 Å². The van der Waals surface area contributed by atoms with E-state index < -0.39 is 0 Å². The first-order chi connectivity index (χ1) is 0. The Kier molecular flexibility index (Phi) is 5170. The van der Waals surface area contributed by atoms with Crippen LogP contribution in [0.4, 0.5) is 0 Å². The van der Waals surface area contributed by atoms with Crippen LogP contribution in [-0.4, -0.2) is 0 Å². The van der Waals surface area contributed by atoms with Crippen LogP contribution < -0.4 is 186 Å². The Morgan fingerprint density at radius 3 is 0.111 bits per heavy atom. The molecule has 0 rings (SSSR count). The molecule has 0 aliphatic rings. The average Bonchev–Trinajstić information content (AvgIpc) is 0. The van der Waals surface area contributed by atoms with Crippen molar-refractivity contribution in [2.75, 3.05) is 0 Å². The molecule has 0 aliphatic carbocycles. The summed E-state index contributed by atoms with van der Waals surface area (Å²) in [5.41, 5.74) is 0. The van der Waals surface area contributed by atoms with Crippen LogP contribution in [0.15, 0.2) is 0 Å². The molecule has 0 amide bonds. The van der Waals surface area contributed by atoms with Gasteiger partial charge in [-0.2, -0.15) is 0 Å². The first-order valence-electron chi connectivity index (χ1n) is 0. The maximum absolute atomic E-state index is 0. The van der Waals surface area contributed by atoms with Crippen molar-refractivity contribution in [2.24, 2.45) is 0 Å². The standard InChI is InChI=1S/15ClH.3Mo/h15*1H;;;/p-15. The third-order valence-electron chi connectivity index (χ3n) is 0. The second-order valence-electron chi connectivity index (χ2n) is 0. The van der Waals surface area contributed by atoms with Gasteiger partial charge in [-0.05, 0) is 0 Å². The maximum atomic E-state index is 0. The Labute approximate surface area is 245 Å². The summed E-state index contributed by atoms with van der Waals surface area (Å²) < 4.78 is 0. The van der Waals surface area contributed by atoms with Gasteiger partial charge in [-0.25, -0.2) is 0 Å². The van der Waals surface area contributed by atoms with E-state index in [2.05, 4.69) is 0 Å². The van der Waals surface area contributed by atoms with Crippen LogP contribution in [0, 0.1) is 0 Å². The minimum Gasteiger partial charge on any atom is -1.00 e. The van der Waals surface area contributed by atoms with Gasteiger partial charge in [0, 0.05) is 63.2 Å². The molecule has 0 aromatic carbocycles. The first-order valence-corrected chi connectivity index (χ1v) is 0. The molecule has 18 heteroatoms. The monoisotopic (exact) mass is 818 g/mol. The van der Waals surface area contributed by atoms with Crippen molar-refractivity contribution in [1.29, 1.82) is 0 Å². The molecular weight excluding hydrogens is 820 g/mol. The van der Waals surface area contributed by atoms with Gasteiger partial charge in [0.2, 0.25) is 0 Å². The van der Waals surface area contributed by atoms with Crippen molar-refractivity contribution in [3.8, 4) is 0 Å². The second-order valence-corrected chi connectivity index (χ2v) is 0. The molecule has 0 heterocycles. The molecule has 18 heavy (non-hydrogen) atoms. The third-order valence-corrected chi connectivity index (χ3v) is 0. The van der Waals surface area contributed by atoms with Crippen molar-refractivity contribution in [2.45, 2.75) is 0 Å². The predicted octanol–water partition coefficient (Wildman–Crippen LogP) is -44.9. The summed E-state index contributed by atoms with van der Waals surface area (Å²) in [5, 5.41) is 0. The molecule has 0 aromatic heterocycles. The summed E-state index contributed by atoms with van der Waals surface area (Å²) in [5.74, 6) is 0. The first kappa shape index (κ1) is 325. The largest absolute Gasteiger partial charge is 1.00 e. The molecule has 0 saturated carbocycles. The third kappa shape index (κ3) is 250. The van der Waals surface area contributed by atoms with Gasteiger partial charge >= 0.3 is 0 Å². The molecule has 0 saturated heterocycles. The zero-order chi connectivity index (χ0) is 0. The maximum Gasteiger partial charge on any atom is 0 e. The summed E-state index contributed by atoms with van der Waals surface area (Å²) in [6, 6.07) is 0. The van der Waals surface area contributed by atoms with Crippen molar-refractivity contribution >= 4 is 0 Å². The minimum atomic E-state index is 0. The molecule has 0 atom stereocenters. The fraction of sp³-hybridized carbons (Fsp3) is 0. The van der Waals surface area contributed by atoms with Crippen LogP contribution in [-0.2, 0) is 63.2 Å². The Morgan fingerprint density at radius 1 is 0.111 bits per heavy atom. The van der Waals surface area contributed by atoms with Crippen molar-refractivity contribution in [3.05, 3.63) is 0 Å². The van der Waals surface area contributed by atoms with Crippen LogP contribution in [0.3, 0.4) is 0 Å². The van der Waals surface area contributed by atoms with E-state index >= 15 is 0 Å². The quantitative estimate of drug-likeness (QED) is 0.214. The number of halogens is 15. The topological polar surface area (TPSA) is 0 Å². The van der Waals surface area contributed by atoms with Gasteiger partial charge in [0.05, 0.1) is 0 Å². The van der Waals surface area contributed by atoms with E-state index in [1.807, 2.05) is 0 Å². The van der Waals surface area contributed by atoms with Gasteiger partial charge in [0.15, 0.2) is 0 Å². The number of hydrogen-bond donors (Lipinski definition) is 0. The van der Waals surface area contributed by atoms with Crippen LogP contribution in [0.1, 0.15) is 0 Å². The van der Waals surface area contributed by atoms with Gasteiger partial charge in [0.25, 0.3) is 0 Å². The van der Waals surface area contributed by atoms with Crippen molar-refractivity contribution in [1.82, 2.24) is 0 Å². The van der Waals surface area contributed by atoms with Crippen LogP contribution in [0.2, 0.25) is 0 Å². The van der Waals surface area contributed by atoms with E-state index in [9.17, 15) is 0 Å². The number of hydrogen-bond acceptors (Lipinski definition) is 0. The smallest absolute Gasteiger partial charge is 0 e. The summed E-state index contributed by atoms with van der Waals surface area (Å²) in [6.45, 7) is 0. The van der Waals surface area contributed by atoms with E-state index in [0.717, 1.165) is 0 Å². The molecule has 138 valence electrons. The SMILES string of the molecule is [Cl-].[Cl-].[Cl-].[Cl-].[Cl-].[Cl-].[Cl-].[Cl-].[Cl-].[Cl-].[Cl-].[Cl-].[Cl-].[Cl-].[Cl-].[Mo].[Mo].[Mo]. The van der Waals surface area contributed by atoms with E-state index in [1.54, 1.807) is 0 Å². The van der Waals surface area contributed by atoms with E-state index in [0.29, 0.717) is 0 Å². The molecule has 0 radical (unpaired) electrons. The van der Waals surface area contributed by atoms with Gasteiger partial charge in [-0.1, -0.05) is 0 Å². The number of rotatable bonds is 0. The summed E-state index contributed by atoms with van der Waals surface area (Å²) in [7, 11) is 0. The molecule has 0 N–H and O–H groups in total. The Hall–Kier alpha value is 6.41. The predicted molar refractivity (Wildman–Crippen MR) is 0 cm³/mol. The van der Waals surface area contributed by atoms with Crippen LogP contribution in [0.25, 0.3) is 0 Å². The molecule has 0 bridgehead atoms. The summed E-state index contributed by atoms with van der Waals surface area (Å²) in [6.07, 6.45) is 0. The fourth-order valence-corrected chi connectivity index (χ4v) is 0. The van der Waals surface area contributed by atoms with Gasteiger partial charge in [0.1, 0.15) is 0 Å².